The Kier molecular flexibility index (Phi) is 2.48. The van der Waals surface area contributed by atoms with E-state index in [1.807, 2.05) is 19.1 Å². The molecule has 0 radical (unpaired) electrons. The summed E-state index contributed by atoms with van der Waals surface area (Å²) in [4.78, 5) is 4.05. The van der Waals surface area contributed by atoms with E-state index in [1.165, 1.54) is 10.3 Å². The molecule has 15 heavy (non-hydrogen) atoms. The van der Waals surface area contributed by atoms with E-state index < -0.39 is 10.0 Å². The van der Waals surface area contributed by atoms with Gasteiger partial charge < -0.3 is 0 Å². The predicted molar refractivity (Wildman–Crippen MR) is 59.2 cm³/mol. The average Bonchev–Trinajstić information content (AvgIpc) is 2.61. The van der Waals surface area contributed by atoms with Gasteiger partial charge in [0.15, 0.2) is 0 Å². The highest BCUT2D eigenvalue weighted by Crippen LogP contribution is 2.14. The first kappa shape index (κ1) is 10.2. The van der Waals surface area contributed by atoms with Gasteiger partial charge in [-0.3, -0.25) is 0 Å². The Morgan fingerprint density at radius 2 is 2.07 bits per heavy atom. The summed E-state index contributed by atoms with van der Waals surface area (Å²) in [6.07, 6.45) is 1.98. The van der Waals surface area contributed by atoms with Crippen LogP contribution >= 0.6 is 0 Å². The molecule has 1 aromatic carbocycles. The molecular formula is C10H12N2O2S. The van der Waals surface area contributed by atoms with Gasteiger partial charge >= 0.3 is 0 Å². The maximum Gasteiger partial charge on any atom is 0.240 e. The van der Waals surface area contributed by atoms with E-state index in [1.54, 1.807) is 12.1 Å². The van der Waals surface area contributed by atoms with Gasteiger partial charge in [-0.15, -0.1) is 0 Å². The van der Waals surface area contributed by atoms with Crippen molar-refractivity contribution in [2.45, 2.75) is 13.3 Å². The highest BCUT2D eigenvalue weighted by molar-refractivity contribution is 7.90. The van der Waals surface area contributed by atoms with Crippen molar-refractivity contribution in [3.05, 3.63) is 30.6 Å². The Hall–Kier alpha value is -1.36. The predicted octanol–water partition coefficient (Wildman–Crippen LogP) is 1.62. The zero-order chi connectivity index (χ0) is 10.9. The topological polar surface area (TPSA) is 52.0 Å². The number of rotatable bonds is 3. The Bertz CT molecular complexity index is 572. The van der Waals surface area contributed by atoms with Crippen LogP contribution in [-0.4, -0.2) is 23.1 Å². The lowest BCUT2D eigenvalue weighted by molar-refractivity contribution is 0.587. The number of imidazole rings is 1. The van der Waals surface area contributed by atoms with Crippen LogP contribution in [0.5, 0.6) is 0 Å². The lowest BCUT2D eigenvalue weighted by atomic mass is 10.3. The van der Waals surface area contributed by atoms with Crippen LogP contribution in [0.4, 0.5) is 0 Å². The fourth-order valence-corrected chi connectivity index (χ4v) is 2.87. The van der Waals surface area contributed by atoms with E-state index in [0.29, 0.717) is 17.5 Å². The summed E-state index contributed by atoms with van der Waals surface area (Å²) >= 11 is 0. The highest BCUT2D eigenvalue weighted by Gasteiger charge is 2.14. The summed E-state index contributed by atoms with van der Waals surface area (Å²) < 4.78 is 24.9. The molecule has 1 heterocycles. The Morgan fingerprint density at radius 3 is 2.80 bits per heavy atom. The molecule has 0 aliphatic heterocycles. The van der Waals surface area contributed by atoms with Gasteiger partial charge in [0.2, 0.25) is 10.0 Å². The zero-order valence-corrected chi connectivity index (χ0v) is 9.24. The number of nitrogens with zero attached hydrogens (tertiary/aromatic N) is 2. The quantitative estimate of drug-likeness (QED) is 0.796. The highest BCUT2D eigenvalue weighted by atomic mass is 32.2. The van der Waals surface area contributed by atoms with E-state index in [0.717, 1.165) is 0 Å². The normalized spacial score (nSPS) is 12.1. The molecule has 0 bridgehead atoms. The van der Waals surface area contributed by atoms with Crippen LogP contribution in [0, 0.1) is 0 Å². The smallest absolute Gasteiger partial charge is 0.236 e. The molecule has 1 aromatic heterocycles. The minimum absolute atomic E-state index is 0.146. The summed E-state index contributed by atoms with van der Waals surface area (Å²) in [7, 11) is -3.24. The van der Waals surface area contributed by atoms with Crippen molar-refractivity contribution in [2.24, 2.45) is 0 Å². The molecule has 2 rings (SSSR count). The minimum Gasteiger partial charge on any atom is -0.236 e. The van der Waals surface area contributed by atoms with Crippen LogP contribution in [-0.2, 0) is 10.0 Å². The molecule has 0 aliphatic rings. The summed E-state index contributed by atoms with van der Waals surface area (Å²) in [6, 6.07) is 7.21. The van der Waals surface area contributed by atoms with Crippen molar-refractivity contribution in [1.82, 2.24) is 8.96 Å². The SMILES string of the molecule is CCCS(=O)(=O)n1cnc2ccccc21. The number of fused-ring (bicyclic) bond motifs is 1. The number of aromatic nitrogens is 2. The number of hydrogen-bond donors (Lipinski definition) is 0. The molecule has 0 saturated carbocycles. The molecule has 0 aliphatic carbocycles. The molecule has 0 unspecified atom stereocenters. The van der Waals surface area contributed by atoms with Gasteiger partial charge in [-0.1, -0.05) is 19.1 Å². The standard InChI is InChI=1S/C10H12N2O2S/c1-2-7-15(13,14)12-8-11-9-5-3-4-6-10(9)12/h3-6,8H,2,7H2,1H3. The van der Waals surface area contributed by atoms with Gasteiger partial charge in [0.05, 0.1) is 16.8 Å². The van der Waals surface area contributed by atoms with E-state index in [4.69, 9.17) is 0 Å². The lowest BCUT2D eigenvalue weighted by Crippen LogP contribution is -2.14. The van der Waals surface area contributed by atoms with Crippen LogP contribution in [0.3, 0.4) is 0 Å². The summed E-state index contributed by atoms with van der Waals surface area (Å²) in [5.74, 6) is 0.146. The third-order valence-corrected chi connectivity index (χ3v) is 4.00. The molecule has 4 nitrogen and oxygen atoms in total. The van der Waals surface area contributed by atoms with Gasteiger partial charge in [-0.25, -0.2) is 17.4 Å². The third kappa shape index (κ3) is 1.74. The van der Waals surface area contributed by atoms with Crippen molar-refractivity contribution in [3.63, 3.8) is 0 Å². The van der Waals surface area contributed by atoms with Crippen LogP contribution < -0.4 is 0 Å². The maximum atomic E-state index is 11.8. The molecule has 0 N–H and O–H groups in total. The fourth-order valence-electron chi connectivity index (χ4n) is 1.51. The first-order chi connectivity index (χ1) is 7.15. The van der Waals surface area contributed by atoms with Gasteiger partial charge in [-0.2, -0.15) is 0 Å². The summed E-state index contributed by atoms with van der Waals surface area (Å²) in [5, 5.41) is 0. The molecular weight excluding hydrogens is 212 g/mol. The molecule has 5 heteroatoms. The molecule has 0 spiro atoms. The Balaban J connectivity index is 2.63. The summed E-state index contributed by atoms with van der Waals surface area (Å²) in [6.45, 7) is 1.84. The third-order valence-electron chi connectivity index (χ3n) is 2.18. The maximum absolute atomic E-state index is 11.8. The van der Waals surface area contributed by atoms with Crippen molar-refractivity contribution >= 4 is 21.1 Å². The van der Waals surface area contributed by atoms with Crippen molar-refractivity contribution in [2.75, 3.05) is 5.75 Å². The average molecular weight is 224 g/mol. The molecule has 2 aromatic rings. The van der Waals surface area contributed by atoms with Crippen molar-refractivity contribution in [1.29, 1.82) is 0 Å². The second-order valence-electron chi connectivity index (χ2n) is 3.35. The van der Waals surface area contributed by atoms with Gasteiger partial charge in [0, 0.05) is 0 Å². The van der Waals surface area contributed by atoms with Crippen molar-refractivity contribution in [3.8, 4) is 0 Å². The Labute approximate surface area is 88.6 Å². The van der Waals surface area contributed by atoms with E-state index in [2.05, 4.69) is 4.98 Å². The second-order valence-corrected chi connectivity index (χ2v) is 5.31. The Morgan fingerprint density at radius 1 is 1.33 bits per heavy atom. The zero-order valence-electron chi connectivity index (χ0n) is 8.42. The van der Waals surface area contributed by atoms with E-state index in [9.17, 15) is 8.42 Å². The van der Waals surface area contributed by atoms with Gasteiger partial charge in [0.1, 0.15) is 6.33 Å². The molecule has 0 amide bonds. The monoisotopic (exact) mass is 224 g/mol. The number of benzene rings is 1. The number of para-hydroxylation sites is 2. The molecule has 0 saturated heterocycles. The fraction of sp³-hybridized carbons (Fsp3) is 0.300. The van der Waals surface area contributed by atoms with Gasteiger partial charge in [0.25, 0.3) is 0 Å². The van der Waals surface area contributed by atoms with E-state index >= 15 is 0 Å². The second kappa shape index (κ2) is 3.66. The van der Waals surface area contributed by atoms with Crippen LogP contribution in [0.25, 0.3) is 11.0 Å². The molecule has 0 atom stereocenters. The van der Waals surface area contributed by atoms with Crippen LogP contribution in [0.2, 0.25) is 0 Å². The van der Waals surface area contributed by atoms with Crippen LogP contribution in [0.1, 0.15) is 13.3 Å². The number of hydrogen-bond acceptors (Lipinski definition) is 3. The van der Waals surface area contributed by atoms with E-state index in [-0.39, 0.29) is 5.75 Å². The molecule has 80 valence electrons. The van der Waals surface area contributed by atoms with Crippen molar-refractivity contribution < 1.29 is 8.42 Å². The lowest BCUT2D eigenvalue weighted by Gasteiger charge is -2.03. The largest absolute Gasteiger partial charge is 0.240 e. The minimum atomic E-state index is -3.24. The van der Waals surface area contributed by atoms with Crippen LogP contribution in [0.15, 0.2) is 30.6 Å². The first-order valence-electron chi connectivity index (χ1n) is 4.80. The van der Waals surface area contributed by atoms with Gasteiger partial charge in [-0.05, 0) is 18.6 Å². The summed E-state index contributed by atoms with van der Waals surface area (Å²) in [5.41, 5.74) is 1.35. The first-order valence-corrected chi connectivity index (χ1v) is 6.41. The molecule has 0 fully saturated rings.